The molecule has 100 valence electrons. The number of aliphatic hydroxyl groups excluding tert-OH is 1. The molecule has 0 amide bonds. The molecule has 1 saturated carbocycles. The second-order valence-corrected chi connectivity index (χ2v) is 6.17. The fraction of sp³-hybridized carbons (Fsp3) is 0.750. The van der Waals surface area contributed by atoms with Gasteiger partial charge in [0.25, 0.3) is 0 Å². The molecule has 2 atom stereocenters. The van der Waals surface area contributed by atoms with Crippen molar-refractivity contribution in [3.05, 3.63) is 23.5 Å². The standard InChI is InChI=1S/C16H25NO/c1-12(13-6-3-2-4-7-13)17-11-10-14-15(17)8-5-9-16(14)18/h10-13,16,18H,2-9H2,1H3. The van der Waals surface area contributed by atoms with E-state index in [1.54, 1.807) is 0 Å². The van der Waals surface area contributed by atoms with E-state index in [9.17, 15) is 5.11 Å². The molecule has 2 unspecified atom stereocenters. The van der Waals surface area contributed by atoms with Gasteiger partial charge in [-0.25, -0.2) is 0 Å². The van der Waals surface area contributed by atoms with Crippen LogP contribution >= 0.6 is 0 Å². The maximum atomic E-state index is 10.1. The van der Waals surface area contributed by atoms with Crippen molar-refractivity contribution in [1.29, 1.82) is 0 Å². The maximum Gasteiger partial charge on any atom is 0.0807 e. The van der Waals surface area contributed by atoms with Gasteiger partial charge in [-0.1, -0.05) is 19.3 Å². The Morgan fingerprint density at radius 2 is 1.94 bits per heavy atom. The monoisotopic (exact) mass is 247 g/mol. The van der Waals surface area contributed by atoms with Crippen LogP contribution in [-0.4, -0.2) is 9.67 Å². The summed E-state index contributed by atoms with van der Waals surface area (Å²) >= 11 is 0. The summed E-state index contributed by atoms with van der Waals surface area (Å²) in [6.45, 7) is 2.37. The van der Waals surface area contributed by atoms with Crippen LogP contribution in [0.5, 0.6) is 0 Å². The Hall–Kier alpha value is -0.760. The molecule has 2 heteroatoms. The van der Waals surface area contributed by atoms with Crippen molar-refractivity contribution in [3.8, 4) is 0 Å². The van der Waals surface area contributed by atoms with Gasteiger partial charge in [-0.3, -0.25) is 0 Å². The molecule has 0 saturated heterocycles. The summed E-state index contributed by atoms with van der Waals surface area (Å²) in [5, 5.41) is 10.1. The quantitative estimate of drug-likeness (QED) is 0.839. The van der Waals surface area contributed by atoms with Gasteiger partial charge in [0, 0.05) is 23.5 Å². The van der Waals surface area contributed by atoms with Gasteiger partial charge in [-0.05, 0) is 51.0 Å². The lowest BCUT2D eigenvalue weighted by atomic mass is 9.84. The van der Waals surface area contributed by atoms with Gasteiger partial charge in [0.05, 0.1) is 6.10 Å². The lowest BCUT2D eigenvalue weighted by molar-refractivity contribution is 0.154. The third-order valence-corrected chi connectivity index (χ3v) is 5.08. The van der Waals surface area contributed by atoms with E-state index >= 15 is 0 Å². The van der Waals surface area contributed by atoms with Crippen LogP contribution in [0.4, 0.5) is 0 Å². The summed E-state index contributed by atoms with van der Waals surface area (Å²) in [5.41, 5.74) is 2.61. The first-order valence-electron chi connectivity index (χ1n) is 7.65. The average Bonchev–Trinajstić information content (AvgIpc) is 2.84. The summed E-state index contributed by atoms with van der Waals surface area (Å²) in [7, 11) is 0. The first-order chi connectivity index (χ1) is 8.77. The topological polar surface area (TPSA) is 25.2 Å². The van der Waals surface area contributed by atoms with Crippen LogP contribution < -0.4 is 0 Å². The highest BCUT2D eigenvalue weighted by Crippen LogP contribution is 2.37. The molecule has 2 aliphatic rings. The lowest BCUT2D eigenvalue weighted by Gasteiger charge is -2.31. The zero-order valence-corrected chi connectivity index (χ0v) is 11.4. The molecule has 3 rings (SSSR count). The Balaban J connectivity index is 1.83. The Morgan fingerprint density at radius 1 is 1.17 bits per heavy atom. The second kappa shape index (κ2) is 5.08. The molecule has 0 spiro atoms. The molecule has 1 aromatic heterocycles. The lowest BCUT2D eigenvalue weighted by Crippen LogP contribution is -2.22. The third kappa shape index (κ3) is 2.11. The molecular weight excluding hydrogens is 222 g/mol. The van der Waals surface area contributed by atoms with Crippen molar-refractivity contribution in [3.63, 3.8) is 0 Å². The van der Waals surface area contributed by atoms with Crippen molar-refractivity contribution < 1.29 is 5.11 Å². The summed E-state index contributed by atoms with van der Waals surface area (Å²) in [6.07, 6.45) is 12.2. The predicted octanol–water partition coefficient (Wildman–Crippen LogP) is 4.00. The third-order valence-electron chi connectivity index (χ3n) is 5.08. The first kappa shape index (κ1) is 12.3. The first-order valence-corrected chi connectivity index (χ1v) is 7.65. The molecule has 18 heavy (non-hydrogen) atoms. The number of nitrogens with zero attached hydrogens (tertiary/aromatic N) is 1. The van der Waals surface area contributed by atoms with Gasteiger partial charge in [-0.2, -0.15) is 0 Å². The van der Waals surface area contributed by atoms with Gasteiger partial charge in [0.15, 0.2) is 0 Å². The smallest absolute Gasteiger partial charge is 0.0807 e. The Labute approximate surface area is 110 Å². The average molecular weight is 247 g/mol. The van der Waals surface area contributed by atoms with Gasteiger partial charge in [0.1, 0.15) is 0 Å². The molecule has 0 aromatic carbocycles. The predicted molar refractivity (Wildman–Crippen MR) is 73.6 cm³/mol. The van der Waals surface area contributed by atoms with E-state index in [0.717, 1.165) is 25.2 Å². The minimum Gasteiger partial charge on any atom is -0.388 e. The van der Waals surface area contributed by atoms with E-state index in [1.807, 2.05) is 0 Å². The minimum atomic E-state index is -0.214. The molecular formula is C16H25NO. The van der Waals surface area contributed by atoms with Gasteiger partial charge >= 0.3 is 0 Å². The SMILES string of the molecule is CC(C1CCCCC1)n1ccc2c1CCCC2O. The van der Waals surface area contributed by atoms with E-state index in [-0.39, 0.29) is 6.10 Å². The summed E-state index contributed by atoms with van der Waals surface area (Å²) < 4.78 is 2.47. The fourth-order valence-corrected chi connectivity index (χ4v) is 3.92. The zero-order valence-electron chi connectivity index (χ0n) is 11.4. The van der Waals surface area contributed by atoms with Crippen LogP contribution in [0.15, 0.2) is 12.3 Å². The van der Waals surface area contributed by atoms with E-state index in [4.69, 9.17) is 0 Å². The summed E-state index contributed by atoms with van der Waals surface area (Å²) in [5.74, 6) is 0.842. The molecule has 2 nitrogen and oxygen atoms in total. The molecule has 2 aliphatic carbocycles. The molecule has 0 bridgehead atoms. The van der Waals surface area contributed by atoms with Crippen molar-refractivity contribution in [2.45, 2.75) is 70.4 Å². The van der Waals surface area contributed by atoms with Gasteiger partial charge < -0.3 is 9.67 Å². The van der Waals surface area contributed by atoms with Crippen LogP contribution in [0.1, 0.15) is 75.3 Å². The van der Waals surface area contributed by atoms with E-state index in [0.29, 0.717) is 6.04 Å². The van der Waals surface area contributed by atoms with Crippen LogP contribution in [-0.2, 0) is 6.42 Å². The van der Waals surface area contributed by atoms with Crippen LogP contribution in [0, 0.1) is 5.92 Å². The largest absolute Gasteiger partial charge is 0.388 e. The second-order valence-electron chi connectivity index (χ2n) is 6.17. The zero-order chi connectivity index (χ0) is 12.5. The van der Waals surface area contributed by atoms with Gasteiger partial charge in [-0.15, -0.1) is 0 Å². The highest BCUT2D eigenvalue weighted by molar-refractivity contribution is 5.28. The normalized spacial score (nSPS) is 26.9. The number of hydrogen-bond acceptors (Lipinski definition) is 1. The highest BCUT2D eigenvalue weighted by atomic mass is 16.3. The van der Waals surface area contributed by atoms with Gasteiger partial charge in [0.2, 0.25) is 0 Å². The van der Waals surface area contributed by atoms with E-state index in [2.05, 4.69) is 23.8 Å². The van der Waals surface area contributed by atoms with Crippen LogP contribution in [0.3, 0.4) is 0 Å². The molecule has 1 N–H and O–H groups in total. The van der Waals surface area contributed by atoms with Crippen molar-refractivity contribution >= 4 is 0 Å². The van der Waals surface area contributed by atoms with Crippen molar-refractivity contribution in [1.82, 2.24) is 4.57 Å². The Bertz CT molecular complexity index is 403. The number of aliphatic hydroxyl groups is 1. The summed E-state index contributed by atoms with van der Waals surface area (Å²) in [6, 6.07) is 2.76. The molecule has 0 radical (unpaired) electrons. The highest BCUT2D eigenvalue weighted by Gasteiger charge is 2.26. The van der Waals surface area contributed by atoms with Crippen molar-refractivity contribution in [2.24, 2.45) is 5.92 Å². The Morgan fingerprint density at radius 3 is 2.72 bits per heavy atom. The Kier molecular flexibility index (Phi) is 3.47. The number of hydrogen-bond donors (Lipinski definition) is 1. The molecule has 1 aromatic rings. The number of aromatic nitrogens is 1. The molecule has 1 heterocycles. The number of fused-ring (bicyclic) bond motifs is 1. The molecule has 0 aliphatic heterocycles. The fourth-order valence-electron chi connectivity index (χ4n) is 3.92. The number of rotatable bonds is 2. The van der Waals surface area contributed by atoms with E-state index in [1.165, 1.54) is 43.4 Å². The van der Waals surface area contributed by atoms with Crippen molar-refractivity contribution in [2.75, 3.05) is 0 Å². The van der Waals surface area contributed by atoms with Crippen LogP contribution in [0.2, 0.25) is 0 Å². The summed E-state index contributed by atoms with van der Waals surface area (Å²) in [4.78, 5) is 0. The maximum absolute atomic E-state index is 10.1. The van der Waals surface area contributed by atoms with E-state index < -0.39 is 0 Å². The minimum absolute atomic E-state index is 0.214. The van der Waals surface area contributed by atoms with Crippen LogP contribution in [0.25, 0.3) is 0 Å². The molecule has 1 fully saturated rings.